The number of hydrogen-bond donors (Lipinski definition) is 1. The lowest BCUT2D eigenvalue weighted by Crippen LogP contribution is -2.40. The minimum atomic E-state index is 0.471. The van der Waals surface area contributed by atoms with Gasteiger partial charge in [0.2, 0.25) is 0 Å². The van der Waals surface area contributed by atoms with E-state index in [9.17, 15) is 0 Å². The predicted molar refractivity (Wildman–Crippen MR) is 58.0 cm³/mol. The zero-order chi connectivity index (χ0) is 9.73. The number of nitrogens with zero attached hydrogens (tertiary/aromatic N) is 1. The Hall–Kier alpha value is -0.0800. The van der Waals surface area contributed by atoms with Crippen LogP contribution in [0.5, 0.6) is 0 Å². The highest BCUT2D eigenvalue weighted by molar-refractivity contribution is 4.80. The molecule has 1 unspecified atom stereocenters. The highest BCUT2D eigenvalue weighted by atomic mass is 15.1. The van der Waals surface area contributed by atoms with Gasteiger partial charge in [-0.2, -0.15) is 0 Å². The largest absolute Gasteiger partial charge is 0.319 e. The van der Waals surface area contributed by atoms with Crippen molar-refractivity contribution in [1.29, 1.82) is 0 Å². The average molecular weight is 184 g/mol. The van der Waals surface area contributed by atoms with Crippen LogP contribution >= 0.6 is 0 Å². The molecule has 78 valence electrons. The van der Waals surface area contributed by atoms with Crippen LogP contribution in [-0.4, -0.2) is 38.1 Å². The fourth-order valence-corrected chi connectivity index (χ4v) is 2.20. The van der Waals surface area contributed by atoms with Crippen LogP contribution < -0.4 is 5.32 Å². The van der Waals surface area contributed by atoms with Crippen LogP contribution in [0, 0.1) is 5.41 Å². The van der Waals surface area contributed by atoms with Gasteiger partial charge in [-0.1, -0.05) is 13.8 Å². The van der Waals surface area contributed by atoms with Crippen molar-refractivity contribution in [2.24, 2.45) is 5.41 Å². The smallest absolute Gasteiger partial charge is 0.00474 e. The van der Waals surface area contributed by atoms with Crippen LogP contribution in [0.1, 0.15) is 33.1 Å². The maximum absolute atomic E-state index is 3.31. The monoisotopic (exact) mass is 184 g/mol. The molecule has 0 saturated carbocycles. The van der Waals surface area contributed by atoms with Crippen molar-refractivity contribution in [3.8, 4) is 0 Å². The minimum absolute atomic E-state index is 0.471. The van der Waals surface area contributed by atoms with Crippen molar-refractivity contribution in [3.05, 3.63) is 0 Å². The first-order valence-electron chi connectivity index (χ1n) is 5.57. The number of hydrogen-bond acceptors (Lipinski definition) is 2. The van der Waals surface area contributed by atoms with Crippen molar-refractivity contribution >= 4 is 0 Å². The molecule has 0 aromatic carbocycles. The Morgan fingerprint density at radius 1 is 1.31 bits per heavy atom. The molecule has 1 heterocycles. The third kappa shape index (κ3) is 3.28. The predicted octanol–water partition coefficient (Wildman–Crippen LogP) is 1.72. The van der Waals surface area contributed by atoms with Gasteiger partial charge in [-0.05, 0) is 44.8 Å². The molecule has 1 aliphatic rings. The maximum atomic E-state index is 3.31. The quantitative estimate of drug-likeness (QED) is 0.700. The Balaban J connectivity index is 2.36. The van der Waals surface area contributed by atoms with E-state index in [1.165, 1.54) is 38.9 Å². The number of nitrogens with one attached hydrogen (secondary N) is 1. The molecule has 1 N–H and O–H groups in total. The second kappa shape index (κ2) is 4.97. The summed E-state index contributed by atoms with van der Waals surface area (Å²) < 4.78 is 0. The van der Waals surface area contributed by atoms with Gasteiger partial charge in [-0.3, -0.25) is 0 Å². The van der Waals surface area contributed by atoms with Crippen molar-refractivity contribution in [1.82, 2.24) is 10.2 Å². The molecule has 0 radical (unpaired) electrons. The van der Waals surface area contributed by atoms with Gasteiger partial charge >= 0.3 is 0 Å². The molecule has 0 aromatic heterocycles. The molecule has 0 spiro atoms. The molecule has 0 aromatic rings. The molecule has 13 heavy (non-hydrogen) atoms. The Bertz CT molecular complexity index is 141. The summed E-state index contributed by atoms with van der Waals surface area (Å²) in [6, 6.07) is 0. The molecule has 1 rings (SSSR count). The van der Waals surface area contributed by atoms with Crippen LogP contribution in [0.3, 0.4) is 0 Å². The Morgan fingerprint density at radius 2 is 1.92 bits per heavy atom. The van der Waals surface area contributed by atoms with E-state index in [0.29, 0.717) is 5.41 Å². The molecular formula is C11H24N2. The van der Waals surface area contributed by atoms with E-state index in [0.717, 1.165) is 6.54 Å². The summed E-state index contributed by atoms with van der Waals surface area (Å²) in [5.41, 5.74) is 0.471. The molecule has 1 fully saturated rings. The van der Waals surface area contributed by atoms with E-state index < -0.39 is 0 Å². The SMILES string of the molecule is CCC(C)(CNC)CN1CCCC1. The van der Waals surface area contributed by atoms with Crippen molar-refractivity contribution < 1.29 is 0 Å². The van der Waals surface area contributed by atoms with Gasteiger partial charge < -0.3 is 10.2 Å². The van der Waals surface area contributed by atoms with Gasteiger partial charge in [0, 0.05) is 13.1 Å². The van der Waals surface area contributed by atoms with E-state index in [1.807, 2.05) is 0 Å². The lowest BCUT2D eigenvalue weighted by atomic mass is 9.87. The highest BCUT2D eigenvalue weighted by Gasteiger charge is 2.25. The highest BCUT2D eigenvalue weighted by Crippen LogP contribution is 2.23. The maximum Gasteiger partial charge on any atom is 0.00474 e. The van der Waals surface area contributed by atoms with E-state index in [4.69, 9.17) is 0 Å². The molecule has 1 atom stereocenters. The Labute approximate surface area is 82.7 Å². The third-order valence-electron chi connectivity index (χ3n) is 3.26. The lowest BCUT2D eigenvalue weighted by molar-refractivity contribution is 0.183. The second-order valence-corrected chi connectivity index (χ2v) is 4.68. The summed E-state index contributed by atoms with van der Waals surface area (Å²) in [5, 5.41) is 3.31. The summed E-state index contributed by atoms with van der Waals surface area (Å²) in [6.07, 6.45) is 4.07. The van der Waals surface area contributed by atoms with Gasteiger partial charge in [0.05, 0.1) is 0 Å². The van der Waals surface area contributed by atoms with Crippen LogP contribution in [0.25, 0.3) is 0 Å². The molecule has 1 aliphatic heterocycles. The van der Waals surface area contributed by atoms with Gasteiger partial charge in [-0.15, -0.1) is 0 Å². The van der Waals surface area contributed by atoms with Crippen LogP contribution in [-0.2, 0) is 0 Å². The topological polar surface area (TPSA) is 15.3 Å². The van der Waals surface area contributed by atoms with Crippen molar-refractivity contribution in [3.63, 3.8) is 0 Å². The van der Waals surface area contributed by atoms with Gasteiger partial charge in [-0.25, -0.2) is 0 Å². The minimum Gasteiger partial charge on any atom is -0.319 e. The van der Waals surface area contributed by atoms with Gasteiger partial charge in [0.25, 0.3) is 0 Å². The first kappa shape index (κ1) is 11.0. The van der Waals surface area contributed by atoms with Crippen LogP contribution in [0.4, 0.5) is 0 Å². The molecule has 0 aliphatic carbocycles. The van der Waals surface area contributed by atoms with Gasteiger partial charge in [0.1, 0.15) is 0 Å². The zero-order valence-electron chi connectivity index (χ0n) is 9.40. The van der Waals surface area contributed by atoms with Crippen molar-refractivity contribution in [2.45, 2.75) is 33.1 Å². The fraction of sp³-hybridized carbons (Fsp3) is 1.00. The normalized spacial score (nSPS) is 23.3. The first-order chi connectivity index (χ1) is 6.20. The van der Waals surface area contributed by atoms with E-state index in [-0.39, 0.29) is 0 Å². The van der Waals surface area contributed by atoms with E-state index in [1.54, 1.807) is 0 Å². The molecule has 1 saturated heterocycles. The number of rotatable bonds is 5. The summed E-state index contributed by atoms with van der Waals surface area (Å²) in [6.45, 7) is 9.73. The summed E-state index contributed by atoms with van der Waals surface area (Å²) in [5.74, 6) is 0. The van der Waals surface area contributed by atoms with Crippen LogP contribution in [0.2, 0.25) is 0 Å². The zero-order valence-corrected chi connectivity index (χ0v) is 9.40. The lowest BCUT2D eigenvalue weighted by Gasteiger charge is -2.32. The number of likely N-dealkylation sites (tertiary alicyclic amines) is 1. The standard InChI is InChI=1S/C11H24N2/c1-4-11(2,9-12-3)10-13-7-5-6-8-13/h12H,4-10H2,1-3H3. The summed E-state index contributed by atoms with van der Waals surface area (Å²) in [4.78, 5) is 2.61. The average Bonchev–Trinajstić information content (AvgIpc) is 2.57. The second-order valence-electron chi connectivity index (χ2n) is 4.68. The fourth-order valence-electron chi connectivity index (χ4n) is 2.20. The molecule has 2 heteroatoms. The van der Waals surface area contributed by atoms with E-state index >= 15 is 0 Å². The van der Waals surface area contributed by atoms with Gasteiger partial charge in [0.15, 0.2) is 0 Å². The van der Waals surface area contributed by atoms with E-state index in [2.05, 4.69) is 31.1 Å². The molecule has 0 amide bonds. The third-order valence-corrected chi connectivity index (χ3v) is 3.26. The Kier molecular flexibility index (Phi) is 4.20. The first-order valence-corrected chi connectivity index (χ1v) is 5.57. The summed E-state index contributed by atoms with van der Waals surface area (Å²) in [7, 11) is 2.05. The molecular weight excluding hydrogens is 160 g/mol. The Morgan fingerprint density at radius 3 is 2.38 bits per heavy atom. The summed E-state index contributed by atoms with van der Waals surface area (Å²) >= 11 is 0. The molecule has 2 nitrogen and oxygen atoms in total. The molecule has 0 bridgehead atoms. The van der Waals surface area contributed by atoms with Crippen molar-refractivity contribution in [2.75, 3.05) is 33.2 Å². The van der Waals surface area contributed by atoms with Crippen LogP contribution in [0.15, 0.2) is 0 Å².